The summed E-state index contributed by atoms with van der Waals surface area (Å²) in [7, 11) is 0. The van der Waals surface area contributed by atoms with Gasteiger partial charge in [0.15, 0.2) is 5.82 Å². The smallest absolute Gasteiger partial charge is 0.253 e. The standard InChI is InChI=1S/C17H21N3O2/c1-12-4-5-15(10-13(12)2)17(21)20-8-6-19(7-9-20)16-11-14(3)22-18-16/h4-5,10-11H,6-9H2,1-3H3. The minimum atomic E-state index is 0.110. The predicted octanol–water partition coefficient (Wildman–Crippen LogP) is 2.56. The van der Waals surface area contributed by atoms with Gasteiger partial charge in [0.25, 0.3) is 5.91 Å². The van der Waals surface area contributed by atoms with E-state index in [1.54, 1.807) is 0 Å². The Morgan fingerprint density at radius 1 is 1.05 bits per heavy atom. The summed E-state index contributed by atoms with van der Waals surface area (Å²) in [4.78, 5) is 16.6. The number of amides is 1. The number of hydrogen-bond acceptors (Lipinski definition) is 4. The fraction of sp³-hybridized carbons (Fsp3) is 0.412. The number of piperazine rings is 1. The van der Waals surface area contributed by atoms with Gasteiger partial charge in [0.2, 0.25) is 0 Å². The van der Waals surface area contributed by atoms with Crippen molar-refractivity contribution in [3.63, 3.8) is 0 Å². The van der Waals surface area contributed by atoms with Crippen LogP contribution < -0.4 is 4.90 Å². The van der Waals surface area contributed by atoms with Crippen molar-refractivity contribution in [2.24, 2.45) is 0 Å². The van der Waals surface area contributed by atoms with Gasteiger partial charge in [-0.25, -0.2) is 0 Å². The maximum atomic E-state index is 12.6. The SMILES string of the molecule is Cc1cc(N2CCN(C(=O)c3ccc(C)c(C)c3)CC2)no1. The summed E-state index contributed by atoms with van der Waals surface area (Å²) < 4.78 is 5.11. The Kier molecular flexibility index (Phi) is 3.88. The van der Waals surface area contributed by atoms with Crippen LogP contribution in [0.25, 0.3) is 0 Å². The molecule has 5 heteroatoms. The second-order valence-corrected chi connectivity index (χ2v) is 5.87. The van der Waals surface area contributed by atoms with Crippen LogP contribution in [0, 0.1) is 20.8 Å². The molecule has 116 valence electrons. The van der Waals surface area contributed by atoms with Crippen LogP contribution in [0.3, 0.4) is 0 Å². The van der Waals surface area contributed by atoms with Crippen LogP contribution in [0.5, 0.6) is 0 Å². The number of carbonyl (C=O) groups excluding carboxylic acids is 1. The van der Waals surface area contributed by atoms with Gasteiger partial charge in [0, 0.05) is 37.8 Å². The van der Waals surface area contributed by atoms with Gasteiger partial charge in [-0.1, -0.05) is 11.2 Å². The molecule has 1 aliphatic heterocycles. The van der Waals surface area contributed by atoms with E-state index in [0.717, 1.165) is 35.8 Å². The van der Waals surface area contributed by atoms with Crippen molar-refractivity contribution >= 4 is 11.7 Å². The number of anilines is 1. The maximum absolute atomic E-state index is 12.6. The van der Waals surface area contributed by atoms with Gasteiger partial charge in [-0.05, 0) is 44.0 Å². The molecule has 1 amide bonds. The number of aromatic nitrogens is 1. The highest BCUT2D eigenvalue weighted by molar-refractivity contribution is 5.94. The fourth-order valence-electron chi connectivity index (χ4n) is 2.70. The van der Waals surface area contributed by atoms with Gasteiger partial charge in [0.1, 0.15) is 5.76 Å². The van der Waals surface area contributed by atoms with Crippen molar-refractivity contribution in [3.8, 4) is 0 Å². The summed E-state index contributed by atoms with van der Waals surface area (Å²) >= 11 is 0. The summed E-state index contributed by atoms with van der Waals surface area (Å²) in [6, 6.07) is 7.83. The molecule has 0 unspecified atom stereocenters. The number of nitrogens with zero attached hydrogens (tertiary/aromatic N) is 3. The quantitative estimate of drug-likeness (QED) is 0.855. The van der Waals surface area contributed by atoms with Crippen molar-refractivity contribution in [1.29, 1.82) is 0 Å². The molecule has 0 atom stereocenters. The molecule has 0 radical (unpaired) electrons. The van der Waals surface area contributed by atoms with E-state index in [0.29, 0.717) is 13.1 Å². The minimum Gasteiger partial charge on any atom is -0.360 e. The van der Waals surface area contributed by atoms with E-state index in [9.17, 15) is 4.79 Å². The number of hydrogen-bond donors (Lipinski definition) is 0. The predicted molar refractivity (Wildman–Crippen MR) is 85.3 cm³/mol. The molecule has 3 rings (SSSR count). The van der Waals surface area contributed by atoms with E-state index in [-0.39, 0.29) is 5.91 Å². The first-order valence-electron chi connectivity index (χ1n) is 7.59. The van der Waals surface area contributed by atoms with Gasteiger partial charge in [0.05, 0.1) is 0 Å². The van der Waals surface area contributed by atoms with Crippen LogP contribution in [0.4, 0.5) is 5.82 Å². The average Bonchev–Trinajstić information content (AvgIpc) is 2.96. The minimum absolute atomic E-state index is 0.110. The van der Waals surface area contributed by atoms with Crippen molar-refractivity contribution in [1.82, 2.24) is 10.1 Å². The van der Waals surface area contributed by atoms with Crippen molar-refractivity contribution in [2.75, 3.05) is 31.1 Å². The van der Waals surface area contributed by atoms with E-state index in [2.05, 4.69) is 17.0 Å². The molecule has 0 saturated carbocycles. The van der Waals surface area contributed by atoms with Gasteiger partial charge >= 0.3 is 0 Å². The zero-order valence-electron chi connectivity index (χ0n) is 13.3. The summed E-state index contributed by atoms with van der Waals surface area (Å²) in [6.45, 7) is 8.95. The molecule has 0 N–H and O–H groups in total. The number of benzene rings is 1. The summed E-state index contributed by atoms with van der Waals surface area (Å²) in [5, 5.41) is 4.04. The Morgan fingerprint density at radius 3 is 2.36 bits per heavy atom. The van der Waals surface area contributed by atoms with Crippen LogP contribution in [-0.2, 0) is 0 Å². The molecule has 22 heavy (non-hydrogen) atoms. The summed E-state index contributed by atoms with van der Waals surface area (Å²) in [5.41, 5.74) is 3.14. The molecular formula is C17H21N3O2. The number of aryl methyl sites for hydroxylation is 3. The van der Waals surface area contributed by atoms with Crippen LogP contribution in [0.1, 0.15) is 27.2 Å². The molecule has 1 saturated heterocycles. The average molecular weight is 299 g/mol. The Balaban J connectivity index is 1.65. The van der Waals surface area contributed by atoms with Gasteiger partial charge in [-0.3, -0.25) is 4.79 Å². The van der Waals surface area contributed by atoms with Crippen LogP contribution in [0.15, 0.2) is 28.8 Å². The van der Waals surface area contributed by atoms with E-state index >= 15 is 0 Å². The first kappa shape index (κ1) is 14.6. The largest absolute Gasteiger partial charge is 0.360 e. The molecule has 2 heterocycles. The molecule has 2 aromatic rings. The summed E-state index contributed by atoms with van der Waals surface area (Å²) in [6.07, 6.45) is 0. The Bertz CT molecular complexity index is 685. The van der Waals surface area contributed by atoms with Gasteiger partial charge in [-0.2, -0.15) is 0 Å². The van der Waals surface area contributed by atoms with Gasteiger partial charge < -0.3 is 14.3 Å². The molecule has 5 nitrogen and oxygen atoms in total. The van der Waals surface area contributed by atoms with E-state index in [1.165, 1.54) is 5.56 Å². The monoisotopic (exact) mass is 299 g/mol. The Labute approximate surface area is 130 Å². The van der Waals surface area contributed by atoms with Crippen molar-refractivity contribution < 1.29 is 9.32 Å². The highest BCUT2D eigenvalue weighted by Crippen LogP contribution is 2.18. The van der Waals surface area contributed by atoms with Gasteiger partial charge in [-0.15, -0.1) is 0 Å². The zero-order valence-corrected chi connectivity index (χ0v) is 13.3. The third-order valence-electron chi connectivity index (χ3n) is 4.26. The topological polar surface area (TPSA) is 49.6 Å². The van der Waals surface area contributed by atoms with Crippen molar-refractivity contribution in [2.45, 2.75) is 20.8 Å². The first-order valence-corrected chi connectivity index (χ1v) is 7.59. The lowest BCUT2D eigenvalue weighted by Gasteiger charge is -2.34. The maximum Gasteiger partial charge on any atom is 0.253 e. The highest BCUT2D eigenvalue weighted by atomic mass is 16.5. The molecular weight excluding hydrogens is 278 g/mol. The van der Waals surface area contributed by atoms with Crippen LogP contribution in [-0.4, -0.2) is 42.1 Å². The second kappa shape index (κ2) is 5.83. The number of rotatable bonds is 2. The molecule has 0 spiro atoms. The normalized spacial score (nSPS) is 15.2. The lowest BCUT2D eigenvalue weighted by atomic mass is 10.1. The van der Waals surface area contributed by atoms with E-state index < -0.39 is 0 Å². The second-order valence-electron chi connectivity index (χ2n) is 5.87. The molecule has 0 aliphatic carbocycles. The fourth-order valence-corrected chi connectivity index (χ4v) is 2.70. The van der Waals surface area contributed by atoms with E-state index in [1.807, 2.05) is 43.0 Å². The molecule has 1 aromatic heterocycles. The lowest BCUT2D eigenvalue weighted by Crippen LogP contribution is -2.48. The molecule has 1 aromatic carbocycles. The van der Waals surface area contributed by atoms with Crippen molar-refractivity contribution in [3.05, 3.63) is 46.7 Å². The molecule has 1 fully saturated rings. The third-order valence-corrected chi connectivity index (χ3v) is 4.26. The zero-order chi connectivity index (χ0) is 15.7. The molecule has 0 bridgehead atoms. The Morgan fingerprint density at radius 2 is 1.77 bits per heavy atom. The summed E-state index contributed by atoms with van der Waals surface area (Å²) in [5.74, 6) is 1.78. The number of carbonyl (C=O) groups is 1. The van der Waals surface area contributed by atoms with Crippen LogP contribution in [0.2, 0.25) is 0 Å². The van der Waals surface area contributed by atoms with Crippen LogP contribution >= 0.6 is 0 Å². The molecule has 1 aliphatic rings. The van der Waals surface area contributed by atoms with E-state index in [4.69, 9.17) is 4.52 Å². The first-order chi connectivity index (χ1) is 10.5. The third kappa shape index (κ3) is 2.84. The highest BCUT2D eigenvalue weighted by Gasteiger charge is 2.23. The Hall–Kier alpha value is -2.30. The lowest BCUT2D eigenvalue weighted by molar-refractivity contribution is 0.0746.